The van der Waals surface area contributed by atoms with Crippen molar-refractivity contribution in [2.75, 3.05) is 26.2 Å². The van der Waals surface area contributed by atoms with Crippen molar-refractivity contribution in [1.29, 1.82) is 0 Å². The molecule has 2 aliphatic heterocycles. The molecule has 0 aromatic heterocycles. The van der Waals surface area contributed by atoms with Crippen molar-refractivity contribution in [3.63, 3.8) is 0 Å². The minimum Gasteiger partial charge on any atom is -0.390 e. The van der Waals surface area contributed by atoms with Crippen LogP contribution in [0.15, 0.2) is 0 Å². The van der Waals surface area contributed by atoms with Gasteiger partial charge in [0.2, 0.25) is 0 Å². The molecule has 0 bridgehead atoms. The summed E-state index contributed by atoms with van der Waals surface area (Å²) in [5.74, 6) is 0. The van der Waals surface area contributed by atoms with Gasteiger partial charge in [0.1, 0.15) is 0 Å². The van der Waals surface area contributed by atoms with E-state index in [1.165, 1.54) is 19.3 Å². The van der Waals surface area contributed by atoms with Gasteiger partial charge in [0.15, 0.2) is 6.29 Å². The maximum atomic E-state index is 9.98. The van der Waals surface area contributed by atoms with Crippen LogP contribution in [0.1, 0.15) is 39.0 Å². The Hall–Kier alpha value is -0.160. The first-order chi connectivity index (χ1) is 8.29. The van der Waals surface area contributed by atoms with Gasteiger partial charge in [-0.3, -0.25) is 0 Å². The number of likely N-dealkylation sites (tertiary alicyclic amines) is 1. The van der Waals surface area contributed by atoms with Gasteiger partial charge in [0.25, 0.3) is 0 Å². The van der Waals surface area contributed by atoms with Crippen LogP contribution in [0, 0.1) is 0 Å². The molecule has 0 aromatic carbocycles. The van der Waals surface area contributed by atoms with Crippen LogP contribution in [0.25, 0.3) is 0 Å². The molecule has 2 rings (SSSR count). The second kappa shape index (κ2) is 6.69. The average Bonchev–Trinajstić information content (AvgIpc) is 2.35. The number of rotatable bonds is 4. The molecule has 17 heavy (non-hydrogen) atoms. The van der Waals surface area contributed by atoms with Crippen molar-refractivity contribution in [3.05, 3.63) is 0 Å². The fourth-order valence-corrected chi connectivity index (χ4v) is 2.72. The summed E-state index contributed by atoms with van der Waals surface area (Å²) in [6, 6.07) is 0. The molecule has 0 aromatic rings. The maximum Gasteiger partial charge on any atom is 0.158 e. The second-order valence-electron chi connectivity index (χ2n) is 5.07. The zero-order valence-electron chi connectivity index (χ0n) is 10.8. The Balaban J connectivity index is 1.80. The van der Waals surface area contributed by atoms with E-state index in [1.807, 2.05) is 6.92 Å². The Kier molecular flexibility index (Phi) is 5.22. The van der Waals surface area contributed by atoms with E-state index in [0.717, 1.165) is 32.5 Å². The van der Waals surface area contributed by atoms with Crippen LogP contribution in [0.2, 0.25) is 0 Å². The van der Waals surface area contributed by atoms with Crippen LogP contribution < -0.4 is 0 Å². The Labute approximate surface area is 104 Å². The van der Waals surface area contributed by atoms with E-state index in [9.17, 15) is 5.11 Å². The first-order valence-electron chi connectivity index (χ1n) is 6.97. The molecule has 4 heteroatoms. The van der Waals surface area contributed by atoms with Gasteiger partial charge in [-0.2, -0.15) is 0 Å². The van der Waals surface area contributed by atoms with E-state index in [-0.39, 0.29) is 18.5 Å². The first kappa shape index (κ1) is 13.3. The monoisotopic (exact) mass is 243 g/mol. The Morgan fingerprint density at radius 1 is 1.24 bits per heavy atom. The van der Waals surface area contributed by atoms with E-state index in [1.54, 1.807) is 0 Å². The first-order valence-corrected chi connectivity index (χ1v) is 6.97. The average molecular weight is 243 g/mol. The van der Waals surface area contributed by atoms with Gasteiger partial charge in [-0.25, -0.2) is 0 Å². The molecule has 0 saturated carbocycles. The molecule has 2 aliphatic rings. The van der Waals surface area contributed by atoms with Gasteiger partial charge in [-0.15, -0.1) is 0 Å². The molecule has 0 radical (unpaired) electrons. The summed E-state index contributed by atoms with van der Waals surface area (Å²) < 4.78 is 11.3. The SMILES string of the molecule is CCO[C@@H]1CC[C@H](O)[C@@H](CN2CCCCC2)O1. The molecule has 100 valence electrons. The van der Waals surface area contributed by atoms with Crippen molar-refractivity contribution in [2.45, 2.75) is 57.5 Å². The highest BCUT2D eigenvalue weighted by Crippen LogP contribution is 2.22. The van der Waals surface area contributed by atoms with Crippen LogP contribution in [0.4, 0.5) is 0 Å². The molecule has 2 heterocycles. The summed E-state index contributed by atoms with van der Waals surface area (Å²) >= 11 is 0. The normalized spacial score (nSPS) is 36.0. The van der Waals surface area contributed by atoms with Crippen molar-refractivity contribution in [1.82, 2.24) is 4.90 Å². The third-order valence-corrected chi connectivity index (χ3v) is 3.69. The molecule has 2 saturated heterocycles. The summed E-state index contributed by atoms with van der Waals surface area (Å²) in [5.41, 5.74) is 0. The maximum absolute atomic E-state index is 9.98. The van der Waals surface area contributed by atoms with E-state index in [2.05, 4.69) is 4.90 Å². The molecule has 0 unspecified atom stereocenters. The van der Waals surface area contributed by atoms with Crippen molar-refractivity contribution >= 4 is 0 Å². The lowest BCUT2D eigenvalue weighted by Gasteiger charge is -2.37. The lowest BCUT2D eigenvalue weighted by Crippen LogP contribution is -2.47. The highest BCUT2D eigenvalue weighted by molar-refractivity contribution is 4.79. The van der Waals surface area contributed by atoms with Gasteiger partial charge < -0.3 is 19.5 Å². The van der Waals surface area contributed by atoms with Crippen molar-refractivity contribution in [3.8, 4) is 0 Å². The minimum absolute atomic E-state index is 0.0709. The Morgan fingerprint density at radius 3 is 2.71 bits per heavy atom. The largest absolute Gasteiger partial charge is 0.390 e. The molecule has 4 nitrogen and oxygen atoms in total. The molecule has 1 N–H and O–H groups in total. The predicted octanol–water partition coefficient (Wildman–Crippen LogP) is 1.37. The lowest BCUT2D eigenvalue weighted by molar-refractivity contribution is -0.224. The molecule has 2 fully saturated rings. The number of aliphatic hydroxyl groups excluding tert-OH is 1. The van der Waals surface area contributed by atoms with Gasteiger partial charge in [-0.05, 0) is 39.3 Å². The fourth-order valence-electron chi connectivity index (χ4n) is 2.72. The highest BCUT2D eigenvalue weighted by Gasteiger charge is 2.31. The Bertz CT molecular complexity index is 219. The van der Waals surface area contributed by atoms with Crippen molar-refractivity contribution in [2.24, 2.45) is 0 Å². The summed E-state index contributed by atoms with van der Waals surface area (Å²) in [6.45, 7) is 5.80. The lowest BCUT2D eigenvalue weighted by atomic mass is 10.0. The third kappa shape index (κ3) is 3.91. The fraction of sp³-hybridized carbons (Fsp3) is 1.00. The van der Waals surface area contributed by atoms with Gasteiger partial charge in [0, 0.05) is 19.6 Å². The number of hydrogen-bond donors (Lipinski definition) is 1. The molecular weight excluding hydrogens is 218 g/mol. The van der Waals surface area contributed by atoms with Gasteiger partial charge in [0.05, 0.1) is 12.2 Å². The van der Waals surface area contributed by atoms with E-state index in [4.69, 9.17) is 9.47 Å². The molecule has 3 atom stereocenters. The van der Waals surface area contributed by atoms with Gasteiger partial charge >= 0.3 is 0 Å². The number of ether oxygens (including phenoxy) is 2. The zero-order chi connectivity index (χ0) is 12.1. The standard InChI is InChI=1S/C13H25NO3/c1-2-16-13-7-6-11(15)12(17-13)10-14-8-4-3-5-9-14/h11-13,15H,2-10H2,1H3/t11-,12+,13-/m0/s1. The van der Waals surface area contributed by atoms with Crippen LogP contribution >= 0.6 is 0 Å². The van der Waals surface area contributed by atoms with Crippen LogP contribution in [0.5, 0.6) is 0 Å². The van der Waals surface area contributed by atoms with Crippen LogP contribution in [0.3, 0.4) is 0 Å². The van der Waals surface area contributed by atoms with Crippen LogP contribution in [-0.2, 0) is 9.47 Å². The molecule has 0 aliphatic carbocycles. The predicted molar refractivity (Wildman–Crippen MR) is 65.8 cm³/mol. The second-order valence-corrected chi connectivity index (χ2v) is 5.07. The summed E-state index contributed by atoms with van der Waals surface area (Å²) in [6.07, 6.45) is 4.99. The smallest absolute Gasteiger partial charge is 0.158 e. The number of piperidine rings is 1. The molecule has 0 spiro atoms. The highest BCUT2D eigenvalue weighted by atomic mass is 16.7. The number of aliphatic hydroxyl groups is 1. The number of nitrogens with zero attached hydrogens (tertiary/aromatic N) is 1. The van der Waals surface area contributed by atoms with Crippen molar-refractivity contribution < 1.29 is 14.6 Å². The van der Waals surface area contributed by atoms with Gasteiger partial charge in [-0.1, -0.05) is 6.42 Å². The summed E-state index contributed by atoms with van der Waals surface area (Å²) in [7, 11) is 0. The zero-order valence-corrected chi connectivity index (χ0v) is 10.8. The van der Waals surface area contributed by atoms with E-state index < -0.39 is 0 Å². The third-order valence-electron chi connectivity index (χ3n) is 3.69. The topological polar surface area (TPSA) is 41.9 Å². The molecular formula is C13H25NO3. The molecule has 0 amide bonds. The number of hydrogen-bond acceptors (Lipinski definition) is 4. The summed E-state index contributed by atoms with van der Waals surface area (Å²) in [4.78, 5) is 2.41. The van der Waals surface area contributed by atoms with Crippen LogP contribution in [-0.4, -0.2) is 54.7 Å². The van der Waals surface area contributed by atoms with E-state index >= 15 is 0 Å². The minimum atomic E-state index is -0.325. The Morgan fingerprint density at radius 2 is 2.00 bits per heavy atom. The summed E-state index contributed by atoms with van der Waals surface area (Å²) in [5, 5.41) is 9.98. The van der Waals surface area contributed by atoms with E-state index in [0.29, 0.717) is 6.61 Å². The quantitative estimate of drug-likeness (QED) is 0.810.